The topological polar surface area (TPSA) is 29.5 Å². The largest absolute Gasteiger partial charge is 0.388 e. The van der Waals surface area contributed by atoms with Gasteiger partial charge in [0.15, 0.2) is 0 Å². The molecule has 1 aliphatic heterocycles. The third kappa shape index (κ3) is 3.33. The zero-order chi connectivity index (χ0) is 14.9. The average Bonchev–Trinajstić information content (AvgIpc) is 2.47. The lowest BCUT2D eigenvalue weighted by Gasteiger charge is -2.44. The van der Waals surface area contributed by atoms with Gasteiger partial charge in [-0.1, -0.05) is 41.3 Å². The van der Waals surface area contributed by atoms with Crippen molar-refractivity contribution in [2.45, 2.75) is 56.7 Å². The van der Waals surface area contributed by atoms with E-state index in [4.69, 9.17) is 4.74 Å². The summed E-state index contributed by atoms with van der Waals surface area (Å²) in [6, 6.07) is 4.53. The maximum atomic E-state index is 13.2. The second kappa shape index (κ2) is 6.35. The fraction of sp³-hybridized carbons (Fsp3) is 0.647. The van der Waals surface area contributed by atoms with Crippen LogP contribution in [0.4, 0.5) is 4.39 Å². The first-order valence-corrected chi connectivity index (χ1v) is 8.66. The molecular formula is C17H22BrFO2. The maximum absolute atomic E-state index is 13.2. The monoisotopic (exact) mass is 356 g/mol. The fourth-order valence-electron chi connectivity index (χ4n) is 3.88. The van der Waals surface area contributed by atoms with Crippen molar-refractivity contribution >= 4 is 15.9 Å². The molecule has 1 heterocycles. The quantitative estimate of drug-likeness (QED) is 0.828. The van der Waals surface area contributed by atoms with Gasteiger partial charge in [-0.25, -0.2) is 4.39 Å². The van der Waals surface area contributed by atoms with Gasteiger partial charge in [-0.15, -0.1) is 0 Å². The zero-order valence-corrected chi connectivity index (χ0v) is 13.7. The summed E-state index contributed by atoms with van der Waals surface area (Å²) in [6.45, 7) is 0.723. The van der Waals surface area contributed by atoms with E-state index in [-0.39, 0.29) is 17.3 Å². The highest BCUT2D eigenvalue weighted by atomic mass is 79.9. The van der Waals surface area contributed by atoms with Crippen molar-refractivity contribution in [1.29, 1.82) is 0 Å². The third-order valence-electron chi connectivity index (χ3n) is 5.02. The molecule has 0 aromatic heterocycles. The normalized spacial score (nSPS) is 26.7. The SMILES string of the molecule is OC(c1ccc(F)cc1Br)C1CCOC2(CCCCC2)C1. The van der Waals surface area contributed by atoms with E-state index in [1.165, 1.54) is 31.4 Å². The summed E-state index contributed by atoms with van der Waals surface area (Å²) in [5, 5.41) is 10.7. The molecule has 1 aromatic rings. The summed E-state index contributed by atoms with van der Waals surface area (Å²) in [5.41, 5.74) is 0.767. The maximum Gasteiger partial charge on any atom is 0.124 e. The van der Waals surface area contributed by atoms with Crippen LogP contribution in [0.25, 0.3) is 0 Å². The molecule has 2 unspecified atom stereocenters. The summed E-state index contributed by atoms with van der Waals surface area (Å²) in [4.78, 5) is 0. The molecule has 0 radical (unpaired) electrons. The highest BCUT2D eigenvalue weighted by Gasteiger charge is 2.41. The number of benzene rings is 1. The van der Waals surface area contributed by atoms with Crippen molar-refractivity contribution < 1.29 is 14.2 Å². The molecular weight excluding hydrogens is 335 g/mol. The fourth-order valence-corrected chi connectivity index (χ4v) is 4.46. The Balaban J connectivity index is 1.76. The summed E-state index contributed by atoms with van der Waals surface area (Å²) in [6.07, 6.45) is 7.20. The van der Waals surface area contributed by atoms with E-state index in [2.05, 4.69) is 15.9 Å². The Morgan fingerprint density at radius 3 is 2.76 bits per heavy atom. The molecule has 2 atom stereocenters. The lowest BCUT2D eigenvalue weighted by atomic mass is 9.74. The molecule has 2 aliphatic rings. The van der Waals surface area contributed by atoms with Crippen LogP contribution in [0.15, 0.2) is 22.7 Å². The van der Waals surface area contributed by atoms with Gasteiger partial charge in [0.25, 0.3) is 0 Å². The van der Waals surface area contributed by atoms with Gasteiger partial charge in [0.1, 0.15) is 5.82 Å². The first-order chi connectivity index (χ1) is 10.1. The second-order valence-corrected chi connectivity index (χ2v) is 7.31. The van der Waals surface area contributed by atoms with Crippen LogP contribution < -0.4 is 0 Å². The molecule has 1 saturated carbocycles. The van der Waals surface area contributed by atoms with E-state index >= 15 is 0 Å². The van der Waals surface area contributed by atoms with Gasteiger partial charge in [0.2, 0.25) is 0 Å². The molecule has 2 fully saturated rings. The minimum atomic E-state index is -0.553. The lowest BCUT2D eigenvalue weighted by Crippen LogP contribution is -2.42. The zero-order valence-electron chi connectivity index (χ0n) is 12.2. The molecule has 1 N–H and O–H groups in total. The van der Waals surface area contributed by atoms with Crippen molar-refractivity contribution in [3.8, 4) is 0 Å². The van der Waals surface area contributed by atoms with Gasteiger partial charge in [-0.2, -0.15) is 0 Å². The molecule has 4 heteroatoms. The number of aliphatic hydroxyl groups excluding tert-OH is 1. The molecule has 1 saturated heterocycles. The van der Waals surface area contributed by atoms with Crippen LogP contribution in [0.3, 0.4) is 0 Å². The predicted octanol–water partition coefficient (Wildman–Crippen LogP) is 4.75. The average molecular weight is 357 g/mol. The molecule has 2 nitrogen and oxygen atoms in total. The van der Waals surface area contributed by atoms with Crippen LogP contribution >= 0.6 is 15.9 Å². The van der Waals surface area contributed by atoms with Crippen LogP contribution in [0.2, 0.25) is 0 Å². The van der Waals surface area contributed by atoms with Crippen LogP contribution in [0.1, 0.15) is 56.6 Å². The minimum Gasteiger partial charge on any atom is -0.388 e. The number of rotatable bonds is 2. The van der Waals surface area contributed by atoms with Crippen molar-refractivity contribution in [3.05, 3.63) is 34.1 Å². The number of aliphatic hydroxyl groups is 1. The third-order valence-corrected chi connectivity index (χ3v) is 5.71. The summed E-state index contributed by atoms with van der Waals surface area (Å²) in [7, 11) is 0. The molecule has 3 rings (SSSR count). The van der Waals surface area contributed by atoms with Gasteiger partial charge in [-0.3, -0.25) is 0 Å². The molecule has 116 valence electrons. The molecule has 1 aliphatic carbocycles. The van der Waals surface area contributed by atoms with E-state index in [9.17, 15) is 9.50 Å². The number of halogens is 2. The van der Waals surface area contributed by atoms with E-state index in [1.807, 2.05) is 0 Å². The van der Waals surface area contributed by atoms with Gasteiger partial charge in [0.05, 0.1) is 11.7 Å². The summed E-state index contributed by atoms with van der Waals surface area (Å²) >= 11 is 3.37. The minimum absolute atomic E-state index is 0.0192. The Bertz CT molecular complexity index is 494. The van der Waals surface area contributed by atoms with Crippen LogP contribution in [-0.4, -0.2) is 17.3 Å². The van der Waals surface area contributed by atoms with E-state index in [0.29, 0.717) is 4.47 Å². The van der Waals surface area contributed by atoms with Crippen LogP contribution in [0.5, 0.6) is 0 Å². The van der Waals surface area contributed by atoms with E-state index in [0.717, 1.165) is 37.9 Å². The van der Waals surface area contributed by atoms with Crippen molar-refractivity contribution in [2.75, 3.05) is 6.61 Å². The van der Waals surface area contributed by atoms with Gasteiger partial charge in [0, 0.05) is 11.1 Å². The lowest BCUT2D eigenvalue weighted by molar-refractivity contribution is -0.134. The van der Waals surface area contributed by atoms with Gasteiger partial charge < -0.3 is 9.84 Å². The predicted molar refractivity (Wildman–Crippen MR) is 83.6 cm³/mol. The number of ether oxygens (including phenoxy) is 1. The van der Waals surface area contributed by atoms with Crippen molar-refractivity contribution in [1.82, 2.24) is 0 Å². The molecule has 0 amide bonds. The Morgan fingerprint density at radius 1 is 1.29 bits per heavy atom. The summed E-state index contributed by atoms with van der Waals surface area (Å²) < 4.78 is 19.9. The van der Waals surface area contributed by atoms with Gasteiger partial charge in [-0.05, 0) is 49.3 Å². The van der Waals surface area contributed by atoms with E-state index in [1.54, 1.807) is 6.07 Å². The standard InChI is InChI=1S/C17H22BrFO2/c18-15-10-13(19)4-5-14(15)16(20)12-6-9-21-17(11-12)7-2-1-3-8-17/h4-5,10,12,16,20H,1-3,6-9,11H2. The molecule has 1 spiro atoms. The van der Waals surface area contributed by atoms with Crippen LogP contribution in [0, 0.1) is 11.7 Å². The molecule has 21 heavy (non-hydrogen) atoms. The molecule has 1 aromatic carbocycles. The smallest absolute Gasteiger partial charge is 0.124 e. The Labute approximate surface area is 133 Å². The first kappa shape index (κ1) is 15.4. The molecule has 0 bridgehead atoms. The highest BCUT2D eigenvalue weighted by molar-refractivity contribution is 9.10. The number of hydrogen-bond acceptors (Lipinski definition) is 2. The first-order valence-electron chi connectivity index (χ1n) is 7.87. The second-order valence-electron chi connectivity index (χ2n) is 6.46. The highest BCUT2D eigenvalue weighted by Crippen LogP contribution is 2.45. The summed E-state index contributed by atoms with van der Waals surface area (Å²) in [5.74, 6) is -0.0906. The van der Waals surface area contributed by atoms with Crippen molar-refractivity contribution in [3.63, 3.8) is 0 Å². The van der Waals surface area contributed by atoms with Crippen molar-refractivity contribution in [2.24, 2.45) is 5.92 Å². The Hall–Kier alpha value is -0.450. The van der Waals surface area contributed by atoms with Crippen LogP contribution in [-0.2, 0) is 4.74 Å². The number of hydrogen-bond donors (Lipinski definition) is 1. The Kier molecular flexibility index (Phi) is 4.67. The van der Waals surface area contributed by atoms with E-state index < -0.39 is 6.10 Å². The Morgan fingerprint density at radius 2 is 2.05 bits per heavy atom. The van der Waals surface area contributed by atoms with Gasteiger partial charge >= 0.3 is 0 Å².